The fourth-order valence-corrected chi connectivity index (χ4v) is 7.02. The molecule has 1 aliphatic rings. The minimum Gasteiger partial charge on any atom is -0.497 e. The Morgan fingerprint density at radius 3 is 2.38 bits per heavy atom. The number of para-hydroxylation sites is 1. The minimum absolute atomic E-state index is 0.235. The molecule has 0 aliphatic carbocycles. The largest absolute Gasteiger partial charge is 0.497 e. The van der Waals surface area contributed by atoms with E-state index < -0.39 is 6.04 Å². The van der Waals surface area contributed by atoms with Crippen molar-refractivity contribution in [3.05, 3.63) is 145 Å². The lowest BCUT2D eigenvalue weighted by atomic mass is 9.95. The van der Waals surface area contributed by atoms with E-state index >= 15 is 0 Å². The van der Waals surface area contributed by atoms with Gasteiger partial charge < -0.3 is 19.8 Å². The van der Waals surface area contributed by atoms with Gasteiger partial charge in [-0.3, -0.25) is 14.2 Å². The zero-order valence-corrected chi connectivity index (χ0v) is 26.9. The molecule has 0 spiro atoms. The SMILES string of the molecule is CCOc1ccc([C@@H]2C(C(=O)Nc3ccccc3)=C(C)N=c3s/c(=C\c4c(-c5ccccc5)[nH]c5ccc(OC)cc45)c(=O)n32)cc1. The van der Waals surface area contributed by atoms with Gasteiger partial charge in [-0.15, -0.1) is 0 Å². The first kappa shape index (κ1) is 30.0. The second-order valence-electron chi connectivity index (χ2n) is 11.1. The van der Waals surface area contributed by atoms with Gasteiger partial charge in [0.1, 0.15) is 11.5 Å². The number of nitrogens with one attached hydrogen (secondary N) is 2. The van der Waals surface area contributed by atoms with Crippen LogP contribution in [0.15, 0.2) is 124 Å². The molecule has 3 heterocycles. The molecule has 2 aromatic heterocycles. The maximum absolute atomic E-state index is 14.5. The molecule has 9 heteroatoms. The lowest BCUT2D eigenvalue weighted by Crippen LogP contribution is -2.40. The predicted molar refractivity (Wildman–Crippen MR) is 187 cm³/mol. The second-order valence-corrected chi connectivity index (χ2v) is 12.1. The molecule has 1 amide bonds. The zero-order valence-electron chi connectivity index (χ0n) is 26.1. The first-order valence-corrected chi connectivity index (χ1v) is 16.1. The number of hydrogen-bond donors (Lipinski definition) is 2. The number of fused-ring (bicyclic) bond motifs is 2. The Bertz CT molecular complexity index is 2320. The summed E-state index contributed by atoms with van der Waals surface area (Å²) in [5, 5.41) is 3.93. The Kier molecular flexibility index (Phi) is 8.05. The van der Waals surface area contributed by atoms with Crippen molar-refractivity contribution in [3.63, 3.8) is 0 Å². The number of anilines is 1. The van der Waals surface area contributed by atoms with Crippen LogP contribution in [0.4, 0.5) is 5.69 Å². The number of amides is 1. The summed E-state index contributed by atoms with van der Waals surface area (Å²) in [6.45, 7) is 4.28. The molecular weight excluding hydrogens is 609 g/mol. The number of carbonyl (C=O) groups excluding carboxylic acids is 1. The lowest BCUT2D eigenvalue weighted by Gasteiger charge is -2.25. The molecule has 2 N–H and O–H groups in total. The number of methoxy groups -OCH3 is 1. The molecule has 8 nitrogen and oxygen atoms in total. The summed E-state index contributed by atoms with van der Waals surface area (Å²) in [6, 6.07) is 32.0. The van der Waals surface area contributed by atoms with E-state index in [2.05, 4.69) is 10.3 Å². The number of benzene rings is 4. The molecule has 4 aromatic carbocycles. The van der Waals surface area contributed by atoms with Crippen LogP contribution in [-0.4, -0.2) is 29.2 Å². The number of ether oxygens (including phenoxy) is 2. The molecule has 0 saturated carbocycles. The van der Waals surface area contributed by atoms with Crippen molar-refractivity contribution in [2.45, 2.75) is 19.9 Å². The van der Waals surface area contributed by atoms with Gasteiger partial charge in [0.2, 0.25) is 0 Å². The van der Waals surface area contributed by atoms with Crippen LogP contribution >= 0.6 is 11.3 Å². The highest BCUT2D eigenvalue weighted by Crippen LogP contribution is 2.34. The van der Waals surface area contributed by atoms with Crippen LogP contribution in [0.5, 0.6) is 11.5 Å². The van der Waals surface area contributed by atoms with Crippen LogP contribution in [0.1, 0.15) is 31.0 Å². The average Bonchev–Trinajstić information content (AvgIpc) is 3.61. The van der Waals surface area contributed by atoms with Crippen molar-refractivity contribution in [3.8, 4) is 22.8 Å². The standard InChI is InChI=1S/C38H32N4O4S/c1-4-46-27-17-15-25(16-18-27)35-33(36(43)40-26-13-9-6-10-14-26)23(2)39-38-42(35)37(44)32(47-38)22-30-29-21-28(45-3)19-20-31(29)41-34(30)24-11-7-5-8-12-24/h5-22,35,41H,4H2,1-3H3,(H,40,43)/b32-22-/t35-/m1/s1. The van der Waals surface area contributed by atoms with Crippen molar-refractivity contribution < 1.29 is 14.3 Å². The van der Waals surface area contributed by atoms with E-state index in [0.717, 1.165) is 33.3 Å². The van der Waals surface area contributed by atoms with Crippen LogP contribution in [0, 0.1) is 0 Å². The molecule has 1 aliphatic heterocycles. The highest BCUT2D eigenvalue weighted by molar-refractivity contribution is 7.07. The number of nitrogens with zero attached hydrogens (tertiary/aromatic N) is 2. The predicted octanol–water partition coefficient (Wildman–Crippen LogP) is 6.43. The fraction of sp³-hybridized carbons (Fsp3) is 0.132. The van der Waals surface area contributed by atoms with Gasteiger partial charge in [0, 0.05) is 22.2 Å². The third-order valence-corrected chi connectivity index (χ3v) is 9.17. The smallest absolute Gasteiger partial charge is 0.271 e. The van der Waals surface area contributed by atoms with Gasteiger partial charge >= 0.3 is 0 Å². The zero-order chi connectivity index (χ0) is 32.5. The topological polar surface area (TPSA) is 97.7 Å². The number of H-pyrrole nitrogens is 1. The molecule has 0 radical (unpaired) electrons. The van der Waals surface area contributed by atoms with E-state index in [9.17, 15) is 9.59 Å². The highest BCUT2D eigenvalue weighted by atomic mass is 32.1. The Balaban J connectivity index is 1.43. The van der Waals surface area contributed by atoms with E-state index in [1.165, 1.54) is 11.3 Å². The molecule has 47 heavy (non-hydrogen) atoms. The third-order valence-electron chi connectivity index (χ3n) is 8.19. The number of carbonyl (C=O) groups is 1. The Labute approximate surface area is 275 Å². The first-order valence-electron chi connectivity index (χ1n) is 15.3. The molecule has 6 aromatic rings. The molecule has 0 unspecified atom stereocenters. The first-order chi connectivity index (χ1) is 22.9. The average molecular weight is 641 g/mol. The van der Waals surface area contributed by atoms with Crippen LogP contribution in [0.25, 0.3) is 28.2 Å². The monoisotopic (exact) mass is 640 g/mol. The number of hydrogen-bond acceptors (Lipinski definition) is 6. The Morgan fingerprint density at radius 2 is 1.68 bits per heavy atom. The fourth-order valence-electron chi connectivity index (χ4n) is 5.99. The van der Waals surface area contributed by atoms with Gasteiger partial charge in [-0.2, -0.15) is 0 Å². The summed E-state index contributed by atoms with van der Waals surface area (Å²) in [4.78, 5) is 37.3. The quantitative estimate of drug-likeness (QED) is 0.200. The van der Waals surface area contributed by atoms with Gasteiger partial charge in [0.25, 0.3) is 11.5 Å². The van der Waals surface area contributed by atoms with E-state index in [-0.39, 0.29) is 11.5 Å². The maximum atomic E-state index is 14.5. The van der Waals surface area contributed by atoms with Crippen LogP contribution in [0.3, 0.4) is 0 Å². The Morgan fingerprint density at radius 1 is 0.979 bits per heavy atom. The number of aromatic amines is 1. The van der Waals surface area contributed by atoms with Crippen molar-refractivity contribution in [2.75, 3.05) is 19.0 Å². The van der Waals surface area contributed by atoms with Crippen molar-refractivity contribution in [1.82, 2.24) is 9.55 Å². The summed E-state index contributed by atoms with van der Waals surface area (Å²) in [6.07, 6.45) is 1.92. The van der Waals surface area contributed by atoms with E-state index in [4.69, 9.17) is 14.5 Å². The van der Waals surface area contributed by atoms with E-state index in [1.807, 2.05) is 123 Å². The summed E-state index contributed by atoms with van der Waals surface area (Å²) < 4.78 is 13.4. The number of thiazole rings is 1. The van der Waals surface area contributed by atoms with Crippen molar-refractivity contribution >= 4 is 39.9 Å². The van der Waals surface area contributed by atoms with Gasteiger partial charge in [-0.1, -0.05) is 72.0 Å². The van der Waals surface area contributed by atoms with Crippen molar-refractivity contribution in [1.29, 1.82) is 0 Å². The molecule has 0 fully saturated rings. The van der Waals surface area contributed by atoms with Gasteiger partial charge in [-0.05, 0) is 73.5 Å². The van der Waals surface area contributed by atoms with Crippen LogP contribution in [-0.2, 0) is 4.79 Å². The highest BCUT2D eigenvalue weighted by Gasteiger charge is 2.32. The second kappa shape index (κ2) is 12.6. The van der Waals surface area contributed by atoms with Gasteiger partial charge in [-0.25, -0.2) is 4.99 Å². The molecule has 1 atom stereocenters. The number of rotatable bonds is 8. The van der Waals surface area contributed by atoms with Gasteiger partial charge in [0.05, 0.1) is 41.3 Å². The summed E-state index contributed by atoms with van der Waals surface area (Å²) in [5.41, 5.74) is 5.82. The van der Waals surface area contributed by atoms with Gasteiger partial charge in [0.15, 0.2) is 4.80 Å². The Hall–Kier alpha value is -5.67. The van der Waals surface area contributed by atoms with E-state index in [1.54, 1.807) is 11.7 Å². The van der Waals surface area contributed by atoms with Crippen molar-refractivity contribution in [2.24, 2.45) is 4.99 Å². The van der Waals surface area contributed by atoms with E-state index in [0.29, 0.717) is 44.4 Å². The minimum atomic E-state index is -0.704. The lowest BCUT2D eigenvalue weighted by molar-refractivity contribution is -0.113. The molecule has 0 saturated heterocycles. The molecule has 0 bridgehead atoms. The molecule has 234 valence electrons. The summed E-state index contributed by atoms with van der Waals surface area (Å²) in [7, 11) is 1.64. The number of aromatic nitrogens is 2. The summed E-state index contributed by atoms with van der Waals surface area (Å²) in [5.74, 6) is 1.11. The normalized spacial score (nSPS) is 14.5. The molecular formula is C38H32N4O4S. The molecule has 7 rings (SSSR count). The van der Waals surface area contributed by atoms with Crippen LogP contribution in [0.2, 0.25) is 0 Å². The third kappa shape index (κ3) is 5.66. The number of allylic oxidation sites excluding steroid dienone is 1. The maximum Gasteiger partial charge on any atom is 0.271 e. The van der Waals surface area contributed by atoms with Crippen LogP contribution < -0.4 is 29.7 Å². The summed E-state index contributed by atoms with van der Waals surface area (Å²) >= 11 is 1.31.